The maximum absolute atomic E-state index is 12.8. The first-order valence-electron chi connectivity index (χ1n) is 8.75. The number of ether oxygens (including phenoxy) is 1. The van der Waals surface area contributed by atoms with Gasteiger partial charge >= 0.3 is 6.03 Å². The summed E-state index contributed by atoms with van der Waals surface area (Å²) in [5.41, 5.74) is 1.37. The van der Waals surface area contributed by atoms with Gasteiger partial charge in [-0.25, -0.2) is 4.79 Å². The summed E-state index contributed by atoms with van der Waals surface area (Å²) in [4.78, 5) is 14.5. The van der Waals surface area contributed by atoms with Crippen LogP contribution in [0.25, 0.3) is 0 Å². The van der Waals surface area contributed by atoms with E-state index in [0.29, 0.717) is 6.54 Å². The van der Waals surface area contributed by atoms with Gasteiger partial charge in [0.2, 0.25) is 0 Å². The van der Waals surface area contributed by atoms with Gasteiger partial charge < -0.3 is 10.1 Å². The lowest BCUT2D eigenvalue weighted by Gasteiger charge is -2.31. The maximum atomic E-state index is 12.8. The number of carbonyl (C=O) groups excluding carboxylic acids is 1. The molecule has 2 aromatic carbocycles. The summed E-state index contributed by atoms with van der Waals surface area (Å²) >= 11 is 0. The molecule has 0 aliphatic rings. The molecule has 0 radical (unpaired) electrons. The van der Waals surface area contributed by atoms with E-state index in [1.54, 1.807) is 4.90 Å². The monoisotopic (exact) mass is 340 g/mol. The van der Waals surface area contributed by atoms with Crippen molar-refractivity contribution < 1.29 is 9.53 Å². The second kappa shape index (κ2) is 8.06. The van der Waals surface area contributed by atoms with Gasteiger partial charge in [-0.15, -0.1) is 0 Å². The number of urea groups is 1. The van der Waals surface area contributed by atoms with Crippen LogP contribution in [0, 0.1) is 0 Å². The Kier molecular flexibility index (Phi) is 6.07. The van der Waals surface area contributed by atoms with E-state index < -0.39 is 5.54 Å². The third kappa shape index (κ3) is 4.99. The highest BCUT2D eigenvalue weighted by Gasteiger charge is 2.26. The number of amides is 2. The first-order chi connectivity index (χ1) is 11.8. The van der Waals surface area contributed by atoms with Crippen molar-refractivity contribution in [3.05, 3.63) is 60.2 Å². The van der Waals surface area contributed by atoms with Crippen molar-refractivity contribution in [1.82, 2.24) is 5.32 Å². The molecule has 25 heavy (non-hydrogen) atoms. The minimum atomic E-state index is -0.518. The Morgan fingerprint density at radius 2 is 1.80 bits per heavy atom. The van der Waals surface area contributed by atoms with E-state index in [1.807, 2.05) is 89.2 Å². The predicted octanol–water partition coefficient (Wildman–Crippen LogP) is 4.95. The molecule has 0 fully saturated rings. The van der Waals surface area contributed by atoms with Crippen molar-refractivity contribution in [3.63, 3.8) is 0 Å². The second-order valence-electron chi connectivity index (χ2n) is 6.83. The summed E-state index contributed by atoms with van der Waals surface area (Å²) in [5.74, 6) is 0.810. The molecule has 0 spiro atoms. The Hall–Kier alpha value is -2.49. The largest absolute Gasteiger partial charge is 0.491 e. The standard InChI is InChI=1S/C21H28N2O2/c1-6-23(18-12-8-7-9-13-18)20(24)22-21(4,5)17-11-10-14-19(15-17)25-16(2)3/h7-16H,6H2,1-5H3,(H,22,24). The van der Waals surface area contributed by atoms with Crippen molar-refractivity contribution in [3.8, 4) is 5.75 Å². The lowest BCUT2D eigenvalue weighted by molar-refractivity contribution is 0.234. The van der Waals surface area contributed by atoms with Gasteiger partial charge in [-0.3, -0.25) is 4.90 Å². The zero-order chi connectivity index (χ0) is 18.4. The molecule has 0 aromatic heterocycles. The Morgan fingerprint density at radius 3 is 2.40 bits per heavy atom. The topological polar surface area (TPSA) is 41.6 Å². The predicted molar refractivity (Wildman–Crippen MR) is 103 cm³/mol. The average Bonchev–Trinajstić information content (AvgIpc) is 2.55. The molecule has 0 heterocycles. The molecule has 0 saturated carbocycles. The van der Waals surface area contributed by atoms with Crippen molar-refractivity contribution in [2.75, 3.05) is 11.4 Å². The Labute approximate surface area is 150 Å². The van der Waals surface area contributed by atoms with Crippen LogP contribution >= 0.6 is 0 Å². The molecular weight excluding hydrogens is 312 g/mol. The Balaban J connectivity index is 2.18. The molecule has 4 nitrogen and oxygen atoms in total. The zero-order valence-corrected chi connectivity index (χ0v) is 15.7. The zero-order valence-electron chi connectivity index (χ0n) is 15.7. The summed E-state index contributed by atoms with van der Waals surface area (Å²) in [6.07, 6.45) is 0.113. The Bertz CT molecular complexity index is 696. The summed E-state index contributed by atoms with van der Waals surface area (Å²) < 4.78 is 5.77. The number of benzene rings is 2. The molecule has 1 N–H and O–H groups in total. The van der Waals surface area contributed by atoms with Crippen molar-refractivity contribution in [1.29, 1.82) is 0 Å². The van der Waals surface area contributed by atoms with E-state index in [0.717, 1.165) is 17.0 Å². The molecule has 0 aliphatic heterocycles. The second-order valence-corrected chi connectivity index (χ2v) is 6.83. The van der Waals surface area contributed by atoms with Crippen LogP contribution in [-0.4, -0.2) is 18.7 Å². The number of hydrogen-bond donors (Lipinski definition) is 1. The lowest BCUT2D eigenvalue weighted by atomic mass is 9.94. The molecule has 0 saturated heterocycles. The third-order valence-corrected chi connectivity index (χ3v) is 3.98. The van der Waals surface area contributed by atoms with E-state index in [1.165, 1.54) is 0 Å². The van der Waals surface area contributed by atoms with Crippen LogP contribution in [0.5, 0.6) is 5.75 Å². The number of nitrogens with zero attached hydrogens (tertiary/aromatic N) is 1. The van der Waals surface area contributed by atoms with E-state index in [-0.39, 0.29) is 12.1 Å². The van der Waals surface area contributed by atoms with E-state index in [4.69, 9.17) is 4.74 Å². The number of nitrogens with one attached hydrogen (secondary N) is 1. The molecule has 4 heteroatoms. The fraction of sp³-hybridized carbons (Fsp3) is 0.381. The number of para-hydroxylation sites is 1. The van der Waals surface area contributed by atoms with E-state index in [9.17, 15) is 4.79 Å². The smallest absolute Gasteiger partial charge is 0.322 e. The van der Waals surface area contributed by atoms with Crippen LogP contribution in [0.3, 0.4) is 0 Å². The fourth-order valence-corrected chi connectivity index (χ4v) is 2.69. The SMILES string of the molecule is CCN(C(=O)NC(C)(C)c1cccc(OC(C)C)c1)c1ccccc1. The van der Waals surface area contributed by atoms with Gasteiger partial charge in [-0.2, -0.15) is 0 Å². The van der Waals surface area contributed by atoms with Crippen LogP contribution in [0.4, 0.5) is 10.5 Å². The molecule has 2 aromatic rings. The molecule has 0 atom stereocenters. The van der Waals surface area contributed by atoms with Gasteiger partial charge in [0, 0.05) is 12.2 Å². The van der Waals surface area contributed by atoms with Crippen LogP contribution in [0.15, 0.2) is 54.6 Å². The van der Waals surface area contributed by atoms with Gasteiger partial charge in [0.1, 0.15) is 5.75 Å². The lowest BCUT2D eigenvalue weighted by Crippen LogP contribution is -2.48. The van der Waals surface area contributed by atoms with Gasteiger partial charge in [-0.1, -0.05) is 30.3 Å². The fourth-order valence-electron chi connectivity index (χ4n) is 2.69. The molecule has 0 unspecified atom stereocenters. The normalized spacial score (nSPS) is 11.3. The highest BCUT2D eigenvalue weighted by molar-refractivity contribution is 5.92. The van der Waals surface area contributed by atoms with Gasteiger partial charge in [0.15, 0.2) is 0 Å². The summed E-state index contributed by atoms with van der Waals surface area (Å²) in [6.45, 7) is 10.6. The molecular formula is C21H28N2O2. The van der Waals surface area contributed by atoms with E-state index >= 15 is 0 Å². The molecule has 0 aliphatic carbocycles. The number of carbonyl (C=O) groups is 1. The number of anilines is 1. The minimum Gasteiger partial charge on any atom is -0.491 e. The van der Waals surface area contributed by atoms with Gasteiger partial charge in [-0.05, 0) is 64.4 Å². The highest BCUT2D eigenvalue weighted by Crippen LogP contribution is 2.25. The average molecular weight is 340 g/mol. The summed E-state index contributed by atoms with van der Waals surface area (Å²) in [6, 6.07) is 17.4. The number of rotatable bonds is 6. The molecule has 134 valence electrons. The molecule has 2 rings (SSSR count). The van der Waals surface area contributed by atoms with Crippen LogP contribution < -0.4 is 15.0 Å². The van der Waals surface area contributed by atoms with Crippen LogP contribution in [0.2, 0.25) is 0 Å². The minimum absolute atomic E-state index is 0.113. The van der Waals surface area contributed by atoms with Crippen molar-refractivity contribution in [2.24, 2.45) is 0 Å². The van der Waals surface area contributed by atoms with Gasteiger partial charge in [0.25, 0.3) is 0 Å². The first kappa shape index (κ1) is 18.8. The van der Waals surface area contributed by atoms with Gasteiger partial charge in [0.05, 0.1) is 11.6 Å². The van der Waals surface area contributed by atoms with Crippen LogP contribution in [-0.2, 0) is 5.54 Å². The number of hydrogen-bond acceptors (Lipinski definition) is 2. The van der Waals surface area contributed by atoms with E-state index in [2.05, 4.69) is 5.32 Å². The summed E-state index contributed by atoms with van der Waals surface area (Å²) in [5, 5.41) is 3.13. The van der Waals surface area contributed by atoms with Crippen molar-refractivity contribution >= 4 is 11.7 Å². The maximum Gasteiger partial charge on any atom is 0.322 e. The third-order valence-electron chi connectivity index (χ3n) is 3.98. The molecule has 0 bridgehead atoms. The quantitative estimate of drug-likeness (QED) is 0.809. The van der Waals surface area contributed by atoms with Crippen molar-refractivity contribution in [2.45, 2.75) is 46.3 Å². The molecule has 2 amide bonds. The first-order valence-corrected chi connectivity index (χ1v) is 8.75. The Morgan fingerprint density at radius 1 is 1.12 bits per heavy atom. The highest BCUT2D eigenvalue weighted by atomic mass is 16.5. The summed E-state index contributed by atoms with van der Waals surface area (Å²) in [7, 11) is 0. The van der Waals surface area contributed by atoms with Crippen LogP contribution in [0.1, 0.15) is 40.2 Å².